The number of hydrogen-bond acceptors (Lipinski definition) is 4. The highest BCUT2D eigenvalue weighted by Crippen LogP contribution is 2.22. The predicted molar refractivity (Wildman–Crippen MR) is 197 cm³/mol. The lowest BCUT2D eigenvalue weighted by atomic mass is 9.80. The van der Waals surface area contributed by atoms with Crippen LogP contribution in [0, 0.1) is 0 Å². The summed E-state index contributed by atoms with van der Waals surface area (Å²) >= 11 is 0. The fraction of sp³-hybridized carbons (Fsp3) is 0.951. The molecule has 2 atom stereocenters. The van der Waals surface area contributed by atoms with E-state index in [9.17, 15) is 14.7 Å². The number of nitrogens with one attached hydrogen (secondary N) is 1. The quantitative estimate of drug-likeness (QED) is 0.0526. The molecule has 0 saturated carbocycles. The van der Waals surface area contributed by atoms with Gasteiger partial charge in [0.1, 0.15) is 11.6 Å². The molecule has 0 spiro atoms. The fourth-order valence-electron chi connectivity index (χ4n) is 6.94. The van der Waals surface area contributed by atoms with Gasteiger partial charge in [0.25, 0.3) is 0 Å². The van der Waals surface area contributed by atoms with Gasteiger partial charge in [-0.25, -0.2) is 0 Å². The van der Waals surface area contributed by atoms with Crippen molar-refractivity contribution in [1.29, 1.82) is 0 Å². The monoisotopic (exact) mass is 636 g/mol. The lowest BCUT2D eigenvalue weighted by Crippen LogP contribution is -2.59. The molecular formula is C41H81NO3. The fourth-order valence-corrected chi connectivity index (χ4v) is 6.94. The Morgan fingerprint density at radius 1 is 0.489 bits per heavy atom. The average Bonchev–Trinajstić information content (AvgIpc) is 3.05. The van der Waals surface area contributed by atoms with Crippen molar-refractivity contribution in [3.63, 3.8) is 0 Å². The van der Waals surface area contributed by atoms with Crippen molar-refractivity contribution in [3.8, 4) is 0 Å². The SMILES string of the molecule is CCCCCCCCCCCCCCCCCC(=O)C(CC)(NC)C(=O)C(O)CCCCCCCCCCCCCCCCC. The van der Waals surface area contributed by atoms with Gasteiger partial charge in [-0.2, -0.15) is 0 Å². The molecule has 2 N–H and O–H groups in total. The van der Waals surface area contributed by atoms with Gasteiger partial charge in [0, 0.05) is 6.42 Å². The molecule has 0 aromatic rings. The molecule has 4 heteroatoms. The van der Waals surface area contributed by atoms with Gasteiger partial charge in [-0.3, -0.25) is 9.59 Å². The molecule has 0 aliphatic carbocycles. The van der Waals surface area contributed by atoms with Gasteiger partial charge >= 0.3 is 0 Å². The Hall–Kier alpha value is -0.740. The van der Waals surface area contributed by atoms with Gasteiger partial charge in [-0.15, -0.1) is 0 Å². The third-order valence-electron chi connectivity index (χ3n) is 10.2. The third-order valence-corrected chi connectivity index (χ3v) is 10.2. The first-order valence-corrected chi connectivity index (χ1v) is 20.4. The maximum Gasteiger partial charge on any atom is 0.188 e. The van der Waals surface area contributed by atoms with Gasteiger partial charge < -0.3 is 10.4 Å². The van der Waals surface area contributed by atoms with E-state index in [0.29, 0.717) is 19.3 Å². The van der Waals surface area contributed by atoms with Crippen LogP contribution < -0.4 is 5.32 Å². The number of carbonyl (C=O) groups excluding carboxylic acids is 2. The zero-order chi connectivity index (χ0) is 33.3. The van der Waals surface area contributed by atoms with E-state index >= 15 is 0 Å². The Kier molecular flexibility index (Phi) is 32.6. The van der Waals surface area contributed by atoms with E-state index in [1.165, 1.54) is 167 Å². The van der Waals surface area contributed by atoms with Gasteiger partial charge in [-0.1, -0.05) is 207 Å². The molecule has 45 heavy (non-hydrogen) atoms. The minimum absolute atomic E-state index is 0.0391. The van der Waals surface area contributed by atoms with Gasteiger partial charge in [0.15, 0.2) is 11.6 Å². The van der Waals surface area contributed by atoms with Crippen molar-refractivity contribution < 1.29 is 14.7 Å². The molecule has 0 aromatic heterocycles. The zero-order valence-corrected chi connectivity index (χ0v) is 31.2. The summed E-state index contributed by atoms with van der Waals surface area (Å²) in [5.74, 6) is -0.355. The summed E-state index contributed by atoms with van der Waals surface area (Å²) in [5, 5.41) is 13.8. The van der Waals surface area contributed by atoms with Gasteiger partial charge in [0.2, 0.25) is 0 Å². The van der Waals surface area contributed by atoms with E-state index in [0.717, 1.165) is 25.7 Å². The van der Waals surface area contributed by atoms with Crippen LogP contribution in [0.15, 0.2) is 0 Å². The van der Waals surface area contributed by atoms with E-state index in [-0.39, 0.29) is 11.6 Å². The Morgan fingerprint density at radius 2 is 0.778 bits per heavy atom. The van der Waals surface area contributed by atoms with E-state index in [1.54, 1.807) is 7.05 Å². The van der Waals surface area contributed by atoms with E-state index < -0.39 is 11.6 Å². The number of Topliss-reactive ketones (excluding diaryl/α,β-unsaturated/α-hetero) is 2. The largest absolute Gasteiger partial charge is 0.385 e. The molecule has 2 unspecified atom stereocenters. The molecule has 0 heterocycles. The molecule has 0 saturated heterocycles. The van der Waals surface area contributed by atoms with Crippen LogP contribution in [0.5, 0.6) is 0 Å². The first kappa shape index (κ1) is 44.3. The molecule has 0 aliphatic heterocycles. The Bertz CT molecular complexity index is 645. The molecule has 0 rings (SSSR count). The summed E-state index contributed by atoms with van der Waals surface area (Å²) in [6, 6.07) is 0. The molecule has 0 bridgehead atoms. The van der Waals surface area contributed by atoms with Crippen LogP contribution in [-0.2, 0) is 9.59 Å². The second-order valence-electron chi connectivity index (χ2n) is 14.3. The molecule has 4 nitrogen and oxygen atoms in total. The maximum atomic E-state index is 13.3. The molecule has 268 valence electrons. The number of rotatable bonds is 37. The number of aliphatic hydroxyl groups excluding tert-OH is 1. The van der Waals surface area contributed by atoms with Crippen LogP contribution in [0.2, 0.25) is 0 Å². The molecule has 0 radical (unpaired) electrons. The first-order chi connectivity index (χ1) is 22.0. The van der Waals surface area contributed by atoms with Gasteiger partial charge in [0.05, 0.1) is 0 Å². The lowest BCUT2D eigenvalue weighted by Gasteiger charge is -2.31. The third kappa shape index (κ3) is 24.1. The number of ketones is 2. The summed E-state index contributed by atoms with van der Waals surface area (Å²) < 4.78 is 0. The van der Waals surface area contributed by atoms with Crippen molar-refractivity contribution in [3.05, 3.63) is 0 Å². The molecule has 0 aliphatic rings. The minimum atomic E-state index is -1.23. The topological polar surface area (TPSA) is 66.4 Å². The molecule has 0 aromatic carbocycles. The Morgan fingerprint density at radius 3 is 1.07 bits per heavy atom. The van der Waals surface area contributed by atoms with Crippen LogP contribution in [0.1, 0.15) is 233 Å². The van der Waals surface area contributed by atoms with Crippen LogP contribution >= 0.6 is 0 Å². The van der Waals surface area contributed by atoms with Crippen molar-refractivity contribution in [1.82, 2.24) is 5.32 Å². The smallest absolute Gasteiger partial charge is 0.188 e. The average molecular weight is 636 g/mol. The van der Waals surface area contributed by atoms with Crippen molar-refractivity contribution >= 4 is 11.6 Å². The number of carbonyl (C=O) groups is 2. The molecule has 0 fully saturated rings. The Labute approximate surface area is 282 Å². The Balaban J connectivity index is 3.92. The summed E-state index contributed by atoms with van der Waals surface area (Å²) in [4.78, 5) is 26.5. The highest BCUT2D eigenvalue weighted by atomic mass is 16.3. The molecular weight excluding hydrogens is 554 g/mol. The second kappa shape index (κ2) is 33.2. The number of likely N-dealkylation sites (N-methyl/N-ethyl adjacent to an activating group) is 1. The number of aliphatic hydroxyl groups is 1. The van der Waals surface area contributed by atoms with Crippen LogP contribution in [0.3, 0.4) is 0 Å². The standard InChI is InChI=1S/C41H81NO3/c1-5-8-10-12-14-16-18-20-22-24-26-28-30-32-34-36-38(43)40(45)41(7-3,42-4)39(44)37-35-33-31-29-27-25-23-21-19-17-15-13-11-9-6-2/h38,42-43H,5-37H2,1-4H3. The summed E-state index contributed by atoms with van der Waals surface area (Å²) in [6.45, 7) is 6.44. The van der Waals surface area contributed by atoms with Gasteiger partial charge in [-0.05, 0) is 26.3 Å². The summed E-state index contributed by atoms with van der Waals surface area (Å²) in [5.41, 5.74) is -1.23. The van der Waals surface area contributed by atoms with Crippen LogP contribution in [-0.4, -0.2) is 35.4 Å². The highest BCUT2D eigenvalue weighted by Gasteiger charge is 2.44. The number of unbranched alkanes of at least 4 members (excludes halogenated alkanes) is 28. The minimum Gasteiger partial charge on any atom is -0.385 e. The zero-order valence-electron chi connectivity index (χ0n) is 31.2. The summed E-state index contributed by atoms with van der Waals surface area (Å²) in [7, 11) is 1.70. The maximum absolute atomic E-state index is 13.3. The van der Waals surface area contributed by atoms with Crippen molar-refractivity contribution in [2.75, 3.05) is 7.05 Å². The van der Waals surface area contributed by atoms with E-state index in [1.807, 2.05) is 6.92 Å². The van der Waals surface area contributed by atoms with Crippen molar-refractivity contribution in [2.24, 2.45) is 0 Å². The lowest BCUT2D eigenvalue weighted by molar-refractivity contribution is -0.142. The van der Waals surface area contributed by atoms with E-state index in [4.69, 9.17) is 0 Å². The second-order valence-corrected chi connectivity index (χ2v) is 14.3. The number of hydrogen-bond donors (Lipinski definition) is 2. The van der Waals surface area contributed by atoms with Crippen molar-refractivity contribution in [2.45, 2.75) is 244 Å². The highest BCUT2D eigenvalue weighted by molar-refractivity contribution is 6.13. The normalized spacial score (nSPS) is 13.6. The molecule has 0 amide bonds. The predicted octanol–water partition coefficient (Wildman–Crippen LogP) is 12.4. The first-order valence-electron chi connectivity index (χ1n) is 20.4. The summed E-state index contributed by atoms with van der Waals surface area (Å²) in [6.07, 6.45) is 39.1. The van der Waals surface area contributed by atoms with Crippen LogP contribution in [0.25, 0.3) is 0 Å². The van der Waals surface area contributed by atoms with E-state index in [2.05, 4.69) is 19.2 Å². The van der Waals surface area contributed by atoms with Crippen LogP contribution in [0.4, 0.5) is 0 Å².